The number of carbonyl (C=O) groups excluding carboxylic acids is 1. The molecule has 1 aliphatic rings. The van der Waals surface area contributed by atoms with Gasteiger partial charge in [-0.3, -0.25) is 0 Å². The van der Waals surface area contributed by atoms with Crippen LogP contribution >= 0.6 is 0 Å². The maximum absolute atomic E-state index is 11.7. The van der Waals surface area contributed by atoms with Crippen LogP contribution in [-0.2, 0) is 32.2 Å². The smallest absolute Gasteiger partial charge is 0.407 e. The summed E-state index contributed by atoms with van der Waals surface area (Å²) in [4.78, 5) is 11.7. The van der Waals surface area contributed by atoms with Crippen molar-refractivity contribution in [3.8, 4) is 5.75 Å². The summed E-state index contributed by atoms with van der Waals surface area (Å²) in [6.07, 6.45) is 0.149. The van der Waals surface area contributed by atoms with Gasteiger partial charge in [-0.05, 0) is 23.3 Å². The topological polar surface area (TPSA) is 75.3 Å². The zero-order valence-corrected chi connectivity index (χ0v) is 16.4. The fourth-order valence-electron chi connectivity index (χ4n) is 2.72. The Morgan fingerprint density at radius 2 is 1.66 bits per heavy atom. The highest BCUT2D eigenvalue weighted by Crippen LogP contribution is 2.13. The van der Waals surface area contributed by atoms with E-state index in [-0.39, 0.29) is 12.9 Å². The molecule has 7 nitrogen and oxygen atoms in total. The summed E-state index contributed by atoms with van der Waals surface area (Å²) in [7, 11) is 0. The number of ether oxygens (including phenoxy) is 5. The molecule has 1 aliphatic heterocycles. The van der Waals surface area contributed by atoms with E-state index < -0.39 is 6.09 Å². The largest absolute Gasteiger partial charge is 0.492 e. The molecule has 0 aliphatic carbocycles. The number of alkyl carbamates (subject to hydrolysis) is 1. The molecule has 0 spiro atoms. The number of nitrogens with one attached hydrogen (secondary N) is 1. The Bertz CT molecular complexity index is 716. The van der Waals surface area contributed by atoms with Crippen LogP contribution in [0, 0.1) is 0 Å². The number of benzene rings is 2. The highest BCUT2D eigenvalue weighted by molar-refractivity contribution is 5.67. The molecule has 2 aromatic rings. The van der Waals surface area contributed by atoms with Crippen LogP contribution in [0.4, 0.5) is 4.79 Å². The van der Waals surface area contributed by atoms with Crippen molar-refractivity contribution in [2.75, 3.05) is 33.0 Å². The van der Waals surface area contributed by atoms with Gasteiger partial charge in [-0.2, -0.15) is 0 Å². The van der Waals surface area contributed by atoms with Crippen molar-refractivity contribution in [3.63, 3.8) is 0 Å². The number of hydrogen-bond donors (Lipinski definition) is 1. The van der Waals surface area contributed by atoms with Gasteiger partial charge in [0.25, 0.3) is 0 Å². The Kier molecular flexibility index (Phi) is 8.78. The minimum absolute atomic E-state index is 0.130. The van der Waals surface area contributed by atoms with Crippen molar-refractivity contribution in [3.05, 3.63) is 65.7 Å². The Labute approximate surface area is 170 Å². The van der Waals surface area contributed by atoms with Gasteiger partial charge in [0.2, 0.25) is 0 Å². The van der Waals surface area contributed by atoms with Gasteiger partial charge in [0.1, 0.15) is 19.0 Å². The Morgan fingerprint density at radius 3 is 2.41 bits per heavy atom. The molecule has 2 aromatic carbocycles. The number of amides is 1. The average Bonchev–Trinajstić information content (AvgIpc) is 3.28. The fourth-order valence-corrected chi connectivity index (χ4v) is 2.72. The van der Waals surface area contributed by atoms with Gasteiger partial charge in [-0.25, -0.2) is 4.79 Å². The predicted octanol–water partition coefficient (Wildman–Crippen LogP) is 3.27. The summed E-state index contributed by atoms with van der Waals surface area (Å²) in [5, 5.41) is 2.67. The van der Waals surface area contributed by atoms with Crippen molar-refractivity contribution >= 4 is 6.09 Å². The van der Waals surface area contributed by atoms with E-state index in [0.717, 1.165) is 23.3 Å². The second-order valence-corrected chi connectivity index (χ2v) is 6.49. The lowest BCUT2D eigenvalue weighted by atomic mass is 10.2. The molecule has 0 radical (unpaired) electrons. The summed E-state index contributed by atoms with van der Waals surface area (Å²) < 4.78 is 27.1. The van der Waals surface area contributed by atoms with Crippen LogP contribution in [0.5, 0.6) is 5.75 Å². The molecule has 0 aromatic heterocycles. The number of rotatable bonds is 11. The molecule has 0 bridgehead atoms. The second-order valence-electron chi connectivity index (χ2n) is 6.49. The highest BCUT2D eigenvalue weighted by Gasteiger charge is 2.14. The normalized spacial score (nSPS) is 13.9. The van der Waals surface area contributed by atoms with Crippen LogP contribution in [0.2, 0.25) is 0 Å². The maximum Gasteiger partial charge on any atom is 0.407 e. The second kappa shape index (κ2) is 12.1. The lowest BCUT2D eigenvalue weighted by molar-refractivity contribution is -0.0631. The first-order valence-electron chi connectivity index (χ1n) is 9.77. The van der Waals surface area contributed by atoms with Gasteiger partial charge in [0.15, 0.2) is 6.29 Å². The number of carbonyl (C=O) groups is 1. The van der Waals surface area contributed by atoms with E-state index in [1.54, 1.807) is 0 Å². The Balaban J connectivity index is 1.23. The molecule has 1 heterocycles. The summed E-state index contributed by atoms with van der Waals surface area (Å²) in [6, 6.07) is 17.2. The lowest BCUT2D eigenvalue weighted by Gasteiger charge is -2.10. The Morgan fingerprint density at radius 1 is 0.931 bits per heavy atom. The summed E-state index contributed by atoms with van der Waals surface area (Å²) >= 11 is 0. The van der Waals surface area contributed by atoms with Crippen LogP contribution in [-0.4, -0.2) is 45.4 Å². The minimum Gasteiger partial charge on any atom is -0.492 e. The average molecular weight is 401 g/mol. The molecule has 7 heteroatoms. The minimum atomic E-state index is -0.460. The molecule has 156 valence electrons. The summed E-state index contributed by atoms with van der Waals surface area (Å²) in [5.74, 6) is 0.737. The SMILES string of the molecule is O=C(NCCOc1ccc(COCCC2OCCO2)cc1)OCc1ccccc1. The van der Waals surface area contributed by atoms with Crippen molar-refractivity contribution in [2.45, 2.75) is 25.9 Å². The zero-order valence-electron chi connectivity index (χ0n) is 16.4. The fraction of sp³-hybridized carbons (Fsp3) is 0.409. The molecule has 0 atom stereocenters. The Hall–Kier alpha value is -2.61. The molecule has 29 heavy (non-hydrogen) atoms. The van der Waals surface area contributed by atoms with Crippen LogP contribution in [0.15, 0.2) is 54.6 Å². The van der Waals surface area contributed by atoms with E-state index in [0.29, 0.717) is 39.6 Å². The zero-order chi connectivity index (χ0) is 20.2. The van der Waals surface area contributed by atoms with Gasteiger partial charge in [0, 0.05) is 6.42 Å². The van der Waals surface area contributed by atoms with Crippen LogP contribution in [0.25, 0.3) is 0 Å². The third-order valence-corrected chi connectivity index (χ3v) is 4.23. The standard InChI is InChI=1S/C22H27NO6/c24-22(29-17-18-4-2-1-3-5-18)23-11-13-26-20-8-6-19(7-9-20)16-25-12-10-21-27-14-15-28-21/h1-9,21H,10-17H2,(H,23,24). The van der Waals surface area contributed by atoms with Crippen LogP contribution < -0.4 is 10.1 Å². The summed E-state index contributed by atoms with van der Waals surface area (Å²) in [6.45, 7) is 3.42. The van der Waals surface area contributed by atoms with Crippen LogP contribution in [0.3, 0.4) is 0 Å². The van der Waals surface area contributed by atoms with Gasteiger partial charge in [-0.15, -0.1) is 0 Å². The van der Waals surface area contributed by atoms with E-state index >= 15 is 0 Å². The van der Waals surface area contributed by atoms with Gasteiger partial charge in [0.05, 0.1) is 33.0 Å². The van der Waals surface area contributed by atoms with E-state index in [9.17, 15) is 4.79 Å². The molecule has 0 saturated carbocycles. The van der Waals surface area contributed by atoms with Crippen LogP contribution in [0.1, 0.15) is 17.5 Å². The molecule has 3 rings (SSSR count). The van der Waals surface area contributed by atoms with Crippen molar-refractivity contribution < 1.29 is 28.5 Å². The van der Waals surface area contributed by atoms with Crippen molar-refractivity contribution in [1.82, 2.24) is 5.32 Å². The number of hydrogen-bond acceptors (Lipinski definition) is 6. The first-order valence-corrected chi connectivity index (χ1v) is 9.77. The van der Waals surface area contributed by atoms with E-state index in [1.807, 2.05) is 54.6 Å². The lowest BCUT2D eigenvalue weighted by Crippen LogP contribution is -2.28. The van der Waals surface area contributed by atoms with E-state index in [1.165, 1.54) is 0 Å². The maximum atomic E-state index is 11.7. The molecule has 1 fully saturated rings. The predicted molar refractivity (Wildman–Crippen MR) is 107 cm³/mol. The van der Waals surface area contributed by atoms with E-state index in [4.69, 9.17) is 23.7 Å². The first-order chi connectivity index (χ1) is 14.3. The van der Waals surface area contributed by atoms with Gasteiger partial charge < -0.3 is 29.0 Å². The van der Waals surface area contributed by atoms with Gasteiger partial charge >= 0.3 is 6.09 Å². The van der Waals surface area contributed by atoms with Gasteiger partial charge in [-0.1, -0.05) is 42.5 Å². The summed E-state index contributed by atoms with van der Waals surface area (Å²) in [5.41, 5.74) is 2.01. The molecular weight excluding hydrogens is 374 g/mol. The molecule has 0 unspecified atom stereocenters. The van der Waals surface area contributed by atoms with E-state index in [2.05, 4.69) is 5.32 Å². The monoisotopic (exact) mass is 401 g/mol. The molecule has 1 amide bonds. The quantitative estimate of drug-likeness (QED) is 0.583. The third-order valence-electron chi connectivity index (χ3n) is 4.23. The first kappa shape index (κ1) is 21.1. The molecule has 1 N–H and O–H groups in total. The molecular formula is C22H27NO6. The van der Waals surface area contributed by atoms with Crippen molar-refractivity contribution in [2.24, 2.45) is 0 Å². The highest BCUT2D eigenvalue weighted by atomic mass is 16.7. The van der Waals surface area contributed by atoms with Crippen molar-refractivity contribution in [1.29, 1.82) is 0 Å². The molecule has 1 saturated heterocycles. The third kappa shape index (κ3) is 8.11.